The number of nitrogens with one attached hydrogen (secondary N) is 1. The van der Waals surface area contributed by atoms with E-state index in [9.17, 15) is 9.59 Å². The Balaban J connectivity index is 2.73. The molecule has 0 atom stereocenters. The van der Waals surface area contributed by atoms with Gasteiger partial charge in [-0.2, -0.15) is 0 Å². The average Bonchev–Trinajstić information content (AvgIpc) is 2.73. The number of aromatic carboxylic acids is 1. The molecule has 1 aromatic heterocycles. The number of aromatic nitrogens is 1. The van der Waals surface area contributed by atoms with Crippen molar-refractivity contribution in [2.45, 2.75) is 39.8 Å². The van der Waals surface area contributed by atoms with Crippen LogP contribution < -0.4 is 5.32 Å². The van der Waals surface area contributed by atoms with E-state index in [0.717, 1.165) is 11.3 Å². The predicted octanol–water partition coefficient (Wildman–Crippen LogP) is 2.65. The van der Waals surface area contributed by atoms with Crippen molar-refractivity contribution in [1.29, 1.82) is 0 Å². The molecular weight excluding hydrogens is 290 g/mol. The summed E-state index contributed by atoms with van der Waals surface area (Å²) >= 11 is 1.08. The fourth-order valence-electron chi connectivity index (χ4n) is 1.76. The highest BCUT2D eigenvalue weighted by Gasteiger charge is 2.25. The molecule has 0 fully saturated rings. The molecule has 116 valence electrons. The van der Waals surface area contributed by atoms with Crippen LogP contribution in [-0.2, 0) is 6.54 Å². The highest BCUT2D eigenvalue weighted by Crippen LogP contribution is 2.18. The van der Waals surface area contributed by atoms with Crippen LogP contribution in [0.4, 0.5) is 4.79 Å². The van der Waals surface area contributed by atoms with Gasteiger partial charge in [-0.1, -0.05) is 6.08 Å². The van der Waals surface area contributed by atoms with E-state index < -0.39 is 5.97 Å². The SMILES string of the molecule is C=CCN(C(=O)NCc1nc(C)c(C(=O)O)s1)C(C)(C)C. The first-order valence-electron chi connectivity index (χ1n) is 6.52. The molecule has 2 N–H and O–H groups in total. The first-order chi connectivity index (χ1) is 9.66. The van der Waals surface area contributed by atoms with Crippen LogP contribution in [0.1, 0.15) is 41.1 Å². The van der Waals surface area contributed by atoms with Crippen molar-refractivity contribution in [3.8, 4) is 0 Å². The highest BCUT2D eigenvalue weighted by atomic mass is 32.1. The first kappa shape index (κ1) is 17.2. The van der Waals surface area contributed by atoms with E-state index in [4.69, 9.17) is 5.11 Å². The van der Waals surface area contributed by atoms with Gasteiger partial charge in [-0.3, -0.25) is 0 Å². The third kappa shape index (κ3) is 4.56. The van der Waals surface area contributed by atoms with E-state index in [1.165, 1.54) is 0 Å². The van der Waals surface area contributed by atoms with E-state index in [1.54, 1.807) is 17.9 Å². The van der Waals surface area contributed by atoms with Gasteiger partial charge in [0.25, 0.3) is 0 Å². The molecule has 0 radical (unpaired) electrons. The van der Waals surface area contributed by atoms with Crippen molar-refractivity contribution < 1.29 is 14.7 Å². The number of nitrogens with zero attached hydrogens (tertiary/aromatic N) is 2. The molecule has 1 heterocycles. The second kappa shape index (κ2) is 6.71. The number of amides is 2. The fraction of sp³-hybridized carbons (Fsp3) is 0.500. The van der Waals surface area contributed by atoms with Crippen molar-refractivity contribution in [3.05, 3.63) is 28.2 Å². The normalized spacial score (nSPS) is 11.0. The van der Waals surface area contributed by atoms with Gasteiger partial charge in [-0.25, -0.2) is 14.6 Å². The van der Waals surface area contributed by atoms with Crippen LogP contribution in [0.2, 0.25) is 0 Å². The summed E-state index contributed by atoms with van der Waals surface area (Å²) < 4.78 is 0. The van der Waals surface area contributed by atoms with Crippen molar-refractivity contribution >= 4 is 23.3 Å². The Bertz CT molecular complexity index is 546. The number of carboxylic acid groups (broad SMARTS) is 1. The molecule has 2 amide bonds. The molecule has 0 aliphatic heterocycles. The van der Waals surface area contributed by atoms with Crippen LogP contribution >= 0.6 is 11.3 Å². The van der Waals surface area contributed by atoms with E-state index in [0.29, 0.717) is 17.2 Å². The molecule has 0 saturated heterocycles. The Morgan fingerprint density at radius 1 is 1.48 bits per heavy atom. The van der Waals surface area contributed by atoms with Crippen molar-refractivity contribution in [1.82, 2.24) is 15.2 Å². The highest BCUT2D eigenvalue weighted by molar-refractivity contribution is 7.13. The summed E-state index contributed by atoms with van der Waals surface area (Å²) in [5.41, 5.74) is 0.138. The Morgan fingerprint density at radius 3 is 2.52 bits per heavy atom. The number of thiazole rings is 1. The van der Waals surface area contributed by atoms with Crippen molar-refractivity contribution in [2.75, 3.05) is 6.54 Å². The summed E-state index contributed by atoms with van der Waals surface area (Å²) in [4.78, 5) is 29.2. The Kier molecular flexibility index (Phi) is 5.48. The smallest absolute Gasteiger partial charge is 0.347 e. The van der Waals surface area contributed by atoms with Gasteiger partial charge in [0.1, 0.15) is 9.88 Å². The van der Waals surface area contributed by atoms with Crippen LogP contribution in [0.15, 0.2) is 12.7 Å². The van der Waals surface area contributed by atoms with Gasteiger partial charge in [-0.05, 0) is 27.7 Å². The minimum absolute atomic E-state index is 0.206. The molecule has 0 aromatic carbocycles. The van der Waals surface area contributed by atoms with Crippen LogP contribution in [0.3, 0.4) is 0 Å². The molecule has 1 aromatic rings. The number of aryl methyl sites for hydroxylation is 1. The number of hydrogen-bond acceptors (Lipinski definition) is 4. The zero-order valence-corrected chi connectivity index (χ0v) is 13.6. The van der Waals surface area contributed by atoms with Gasteiger partial charge in [0.05, 0.1) is 12.2 Å². The molecule has 21 heavy (non-hydrogen) atoms. The second-order valence-electron chi connectivity index (χ2n) is 5.56. The lowest BCUT2D eigenvalue weighted by molar-refractivity contribution is 0.0701. The zero-order valence-electron chi connectivity index (χ0n) is 12.8. The molecule has 0 aliphatic rings. The molecule has 0 spiro atoms. The number of urea groups is 1. The lowest BCUT2D eigenvalue weighted by atomic mass is 10.1. The summed E-state index contributed by atoms with van der Waals surface area (Å²) in [5.74, 6) is -0.995. The summed E-state index contributed by atoms with van der Waals surface area (Å²) in [6.45, 7) is 11.8. The van der Waals surface area contributed by atoms with E-state index >= 15 is 0 Å². The molecule has 0 bridgehead atoms. The maximum atomic E-state index is 12.2. The molecule has 0 saturated carbocycles. The van der Waals surface area contributed by atoms with Crippen molar-refractivity contribution in [2.24, 2.45) is 0 Å². The van der Waals surface area contributed by atoms with Crippen LogP contribution in [-0.4, -0.2) is 39.1 Å². The summed E-state index contributed by atoms with van der Waals surface area (Å²) in [6.07, 6.45) is 1.67. The van der Waals surface area contributed by atoms with E-state index in [2.05, 4.69) is 16.9 Å². The molecule has 1 rings (SSSR count). The summed E-state index contributed by atoms with van der Waals surface area (Å²) in [5, 5.41) is 12.3. The van der Waals surface area contributed by atoms with Gasteiger partial charge in [0.2, 0.25) is 0 Å². The monoisotopic (exact) mass is 311 g/mol. The third-order valence-corrected chi connectivity index (χ3v) is 3.94. The lowest BCUT2D eigenvalue weighted by Crippen LogP contribution is -2.50. The molecular formula is C14H21N3O3S. The first-order valence-corrected chi connectivity index (χ1v) is 7.34. The Morgan fingerprint density at radius 2 is 2.10 bits per heavy atom. The number of rotatable bonds is 5. The topological polar surface area (TPSA) is 82.5 Å². The number of hydrogen-bond donors (Lipinski definition) is 2. The third-order valence-electron chi connectivity index (χ3n) is 2.79. The summed E-state index contributed by atoms with van der Waals surface area (Å²) in [6, 6.07) is -0.230. The van der Waals surface area contributed by atoms with Crippen molar-refractivity contribution in [3.63, 3.8) is 0 Å². The quantitative estimate of drug-likeness (QED) is 0.819. The van der Waals surface area contributed by atoms with Crippen LogP contribution in [0, 0.1) is 6.92 Å². The fourth-order valence-corrected chi connectivity index (χ4v) is 2.61. The van der Waals surface area contributed by atoms with Gasteiger partial charge < -0.3 is 15.3 Å². The molecule has 6 nitrogen and oxygen atoms in total. The maximum absolute atomic E-state index is 12.2. The molecule has 7 heteroatoms. The van der Waals surface area contributed by atoms with E-state index in [1.807, 2.05) is 20.8 Å². The van der Waals surface area contributed by atoms with Gasteiger partial charge in [0.15, 0.2) is 0 Å². The maximum Gasteiger partial charge on any atom is 0.347 e. The standard InChI is InChI=1S/C14H21N3O3S/c1-6-7-17(14(3,4)5)13(20)15-8-10-16-9(2)11(21-10)12(18)19/h6H,1,7-8H2,2-5H3,(H,15,20)(H,18,19). The Hall–Kier alpha value is -1.89. The minimum Gasteiger partial charge on any atom is -0.477 e. The van der Waals surface area contributed by atoms with E-state index in [-0.39, 0.29) is 23.0 Å². The van der Waals surface area contributed by atoms with Crippen LogP contribution in [0.5, 0.6) is 0 Å². The predicted molar refractivity (Wildman–Crippen MR) is 82.7 cm³/mol. The van der Waals surface area contributed by atoms with Gasteiger partial charge in [0, 0.05) is 12.1 Å². The summed E-state index contributed by atoms with van der Waals surface area (Å²) in [7, 11) is 0. The number of carbonyl (C=O) groups is 2. The molecule has 0 aliphatic carbocycles. The average molecular weight is 311 g/mol. The Labute approximate surface area is 128 Å². The van der Waals surface area contributed by atoms with Gasteiger partial charge >= 0.3 is 12.0 Å². The largest absolute Gasteiger partial charge is 0.477 e. The zero-order chi connectivity index (χ0) is 16.2. The lowest BCUT2D eigenvalue weighted by Gasteiger charge is -2.34. The molecule has 0 unspecified atom stereocenters. The van der Waals surface area contributed by atoms with Gasteiger partial charge in [-0.15, -0.1) is 17.9 Å². The minimum atomic E-state index is -0.995. The van der Waals surface area contributed by atoms with Crippen LogP contribution in [0.25, 0.3) is 0 Å². The number of carboxylic acids is 1. The second-order valence-corrected chi connectivity index (χ2v) is 6.64. The number of carbonyl (C=O) groups excluding carboxylic acids is 1.